The van der Waals surface area contributed by atoms with Crippen molar-refractivity contribution in [2.24, 2.45) is 0 Å². The number of rotatable bonds is 4. The van der Waals surface area contributed by atoms with Crippen LogP contribution in [0.3, 0.4) is 0 Å². The molecule has 2 aromatic carbocycles. The number of ketones is 1. The summed E-state index contributed by atoms with van der Waals surface area (Å²) in [4.78, 5) is 12.5. The predicted molar refractivity (Wildman–Crippen MR) is 76.7 cm³/mol. The number of hydrogen-bond acceptors (Lipinski definition) is 2. The van der Waals surface area contributed by atoms with Gasteiger partial charge in [-0.3, -0.25) is 4.79 Å². The Bertz CT molecular complexity index is 678. The van der Waals surface area contributed by atoms with Crippen LogP contribution in [0.1, 0.15) is 35.3 Å². The largest absolute Gasteiger partial charge is 0.490 e. The van der Waals surface area contributed by atoms with E-state index < -0.39 is 23.0 Å². The molecule has 2 aromatic rings. The molecule has 0 amide bonds. The Labute approximate surface area is 122 Å². The lowest BCUT2D eigenvalue weighted by atomic mass is 9.99. The molecule has 0 atom stereocenters. The highest BCUT2D eigenvalue weighted by Gasteiger charge is 2.23. The highest BCUT2D eigenvalue weighted by molar-refractivity contribution is 6.11. The van der Waals surface area contributed by atoms with E-state index in [0.717, 1.165) is 6.07 Å². The maximum Gasteiger partial charge on any atom is 0.202 e. The van der Waals surface area contributed by atoms with Crippen molar-refractivity contribution in [3.05, 3.63) is 64.7 Å². The van der Waals surface area contributed by atoms with Gasteiger partial charge >= 0.3 is 0 Å². The van der Waals surface area contributed by atoms with Crippen LogP contribution in [0.2, 0.25) is 0 Å². The summed E-state index contributed by atoms with van der Waals surface area (Å²) in [7, 11) is 0. The topological polar surface area (TPSA) is 26.3 Å². The number of hydrogen-bond donors (Lipinski definition) is 0. The lowest BCUT2D eigenvalue weighted by Crippen LogP contribution is -2.13. The molecule has 21 heavy (non-hydrogen) atoms. The average molecular weight is 290 g/mol. The van der Waals surface area contributed by atoms with E-state index in [9.17, 15) is 13.6 Å². The molecule has 0 saturated carbocycles. The molecule has 0 aliphatic rings. The van der Waals surface area contributed by atoms with Gasteiger partial charge in [0.15, 0.2) is 0 Å². The number of carbonyl (C=O) groups is 1. The Hall–Kier alpha value is -2.23. The van der Waals surface area contributed by atoms with E-state index in [4.69, 9.17) is 4.74 Å². The van der Waals surface area contributed by atoms with E-state index in [0.29, 0.717) is 5.75 Å². The van der Waals surface area contributed by atoms with Gasteiger partial charge in [-0.25, -0.2) is 8.78 Å². The Morgan fingerprint density at radius 1 is 1.10 bits per heavy atom. The summed E-state index contributed by atoms with van der Waals surface area (Å²) in [6, 6.07) is 8.85. The number of halogens is 2. The summed E-state index contributed by atoms with van der Waals surface area (Å²) >= 11 is 0. The molecule has 2 rings (SSSR count). The molecular weight excluding hydrogens is 274 g/mol. The average Bonchev–Trinajstić information content (AvgIpc) is 2.43. The molecule has 0 spiro atoms. The number of benzene rings is 2. The van der Waals surface area contributed by atoms with Gasteiger partial charge in [-0.05, 0) is 44.5 Å². The van der Waals surface area contributed by atoms with Crippen LogP contribution in [0.15, 0.2) is 36.4 Å². The monoisotopic (exact) mass is 290 g/mol. The van der Waals surface area contributed by atoms with Crippen LogP contribution < -0.4 is 4.74 Å². The predicted octanol–water partition coefficient (Wildman–Crippen LogP) is 4.29. The number of aryl methyl sites for hydroxylation is 1. The highest BCUT2D eigenvalue weighted by atomic mass is 19.1. The van der Waals surface area contributed by atoms with Crippen molar-refractivity contribution in [1.82, 2.24) is 0 Å². The van der Waals surface area contributed by atoms with E-state index in [1.165, 1.54) is 19.1 Å². The zero-order valence-corrected chi connectivity index (χ0v) is 12.1. The fourth-order valence-electron chi connectivity index (χ4n) is 2.01. The van der Waals surface area contributed by atoms with E-state index >= 15 is 0 Å². The van der Waals surface area contributed by atoms with Gasteiger partial charge in [-0.1, -0.05) is 18.2 Å². The Balaban J connectivity index is 2.54. The summed E-state index contributed by atoms with van der Waals surface area (Å²) in [6.45, 7) is 5.12. The summed E-state index contributed by atoms with van der Waals surface area (Å²) in [5, 5.41) is 0. The molecule has 0 N–H and O–H groups in total. The molecule has 0 heterocycles. The van der Waals surface area contributed by atoms with Crippen molar-refractivity contribution < 1.29 is 18.3 Å². The molecule has 0 aromatic heterocycles. The van der Waals surface area contributed by atoms with Crippen LogP contribution in [0, 0.1) is 18.6 Å². The molecule has 0 aliphatic heterocycles. The minimum absolute atomic E-state index is 0.147. The maximum absolute atomic E-state index is 14.1. The Morgan fingerprint density at radius 3 is 2.43 bits per heavy atom. The summed E-state index contributed by atoms with van der Waals surface area (Å²) in [6.07, 6.45) is -0.147. The first-order valence-corrected chi connectivity index (χ1v) is 6.66. The van der Waals surface area contributed by atoms with Gasteiger partial charge in [0.2, 0.25) is 5.78 Å². The third kappa shape index (κ3) is 3.10. The fourth-order valence-corrected chi connectivity index (χ4v) is 2.01. The highest BCUT2D eigenvalue weighted by Crippen LogP contribution is 2.26. The molecule has 0 fully saturated rings. The van der Waals surface area contributed by atoms with Crippen molar-refractivity contribution in [2.45, 2.75) is 26.9 Å². The normalized spacial score (nSPS) is 10.8. The molecular formula is C17H16F2O2. The molecule has 0 unspecified atom stereocenters. The van der Waals surface area contributed by atoms with E-state index in [2.05, 4.69) is 0 Å². The van der Waals surface area contributed by atoms with E-state index in [1.54, 1.807) is 18.2 Å². The summed E-state index contributed by atoms with van der Waals surface area (Å²) in [5.41, 5.74) is -0.175. The minimum Gasteiger partial charge on any atom is -0.490 e. The number of carbonyl (C=O) groups excluding carboxylic acids is 1. The lowest BCUT2D eigenvalue weighted by Gasteiger charge is -2.14. The first kappa shape index (κ1) is 15.2. The first-order valence-electron chi connectivity index (χ1n) is 6.66. The van der Waals surface area contributed by atoms with Crippen molar-refractivity contribution in [1.29, 1.82) is 0 Å². The summed E-state index contributed by atoms with van der Waals surface area (Å²) < 4.78 is 33.5. The van der Waals surface area contributed by atoms with Gasteiger partial charge in [-0.2, -0.15) is 0 Å². The second-order valence-electron chi connectivity index (χ2n) is 5.05. The van der Waals surface area contributed by atoms with Gasteiger partial charge in [0.25, 0.3) is 0 Å². The lowest BCUT2D eigenvalue weighted by molar-refractivity contribution is 0.102. The quantitative estimate of drug-likeness (QED) is 0.785. The second kappa shape index (κ2) is 6.04. The van der Waals surface area contributed by atoms with E-state index in [1.807, 2.05) is 13.8 Å². The van der Waals surface area contributed by atoms with Crippen molar-refractivity contribution in [3.63, 3.8) is 0 Å². The third-order valence-corrected chi connectivity index (χ3v) is 3.01. The minimum atomic E-state index is -0.873. The standard InChI is InChI=1S/C17H16F2O2/c1-10(2)21-14-7-5-4-6-12(14)17(20)15-13(18)9-8-11(3)16(15)19/h4-10H,1-3H3. The third-order valence-electron chi connectivity index (χ3n) is 3.01. The van der Waals surface area contributed by atoms with Crippen molar-refractivity contribution >= 4 is 5.78 Å². The molecule has 0 saturated heterocycles. The molecule has 4 heteroatoms. The SMILES string of the molecule is Cc1ccc(F)c(C(=O)c2ccccc2OC(C)C)c1F. The Kier molecular flexibility index (Phi) is 4.36. The van der Waals surface area contributed by atoms with Crippen LogP contribution >= 0.6 is 0 Å². The van der Waals surface area contributed by atoms with Crippen LogP contribution in [0.4, 0.5) is 8.78 Å². The van der Waals surface area contributed by atoms with Gasteiger partial charge in [0, 0.05) is 0 Å². The van der Waals surface area contributed by atoms with E-state index in [-0.39, 0.29) is 17.2 Å². The Morgan fingerprint density at radius 2 is 1.76 bits per heavy atom. The van der Waals surface area contributed by atoms with Crippen LogP contribution in [-0.4, -0.2) is 11.9 Å². The number of ether oxygens (including phenoxy) is 1. The van der Waals surface area contributed by atoms with Gasteiger partial charge in [0.05, 0.1) is 17.2 Å². The smallest absolute Gasteiger partial charge is 0.202 e. The second-order valence-corrected chi connectivity index (χ2v) is 5.05. The van der Waals surface area contributed by atoms with Crippen LogP contribution in [0.5, 0.6) is 5.75 Å². The zero-order valence-electron chi connectivity index (χ0n) is 12.1. The molecule has 110 valence electrons. The van der Waals surface area contributed by atoms with Gasteiger partial charge < -0.3 is 4.74 Å². The van der Waals surface area contributed by atoms with Gasteiger partial charge in [-0.15, -0.1) is 0 Å². The first-order chi connectivity index (χ1) is 9.91. The molecule has 0 aliphatic carbocycles. The van der Waals surface area contributed by atoms with Crippen molar-refractivity contribution in [2.75, 3.05) is 0 Å². The number of para-hydroxylation sites is 1. The maximum atomic E-state index is 14.1. The van der Waals surface area contributed by atoms with Crippen LogP contribution in [0.25, 0.3) is 0 Å². The molecule has 2 nitrogen and oxygen atoms in total. The molecule has 0 bridgehead atoms. The van der Waals surface area contributed by atoms with Gasteiger partial charge in [0.1, 0.15) is 17.4 Å². The molecule has 0 radical (unpaired) electrons. The zero-order chi connectivity index (χ0) is 15.6. The summed E-state index contributed by atoms with van der Waals surface area (Å²) in [5.74, 6) is -2.11. The van der Waals surface area contributed by atoms with Crippen LogP contribution in [-0.2, 0) is 0 Å². The fraction of sp³-hybridized carbons (Fsp3) is 0.235. The van der Waals surface area contributed by atoms with Crippen molar-refractivity contribution in [3.8, 4) is 5.75 Å².